The highest BCUT2D eigenvalue weighted by Gasteiger charge is 2.30. The summed E-state index contributed by atoms with van der Waals surface area (Å²) in [6, 6.07) is 8.09. The first-order valence-electron chi connectivity index (χ1n) is 8.89. The predicted octanol–water partition coefficient (Wildman–Crippen LogP) is 2.64. The van der Waals surface area contributed by atoms with Gasteiger partial charge in [-0.15, -0.1) is 11.3 Å². The maximum Gasteiger partial charge on any atom is 0.253 e. The molecule has 25 heavy (non-hydrogen) atoms. The van der Waals surface area contributed by atoms with E-state index in [1.54, 1.807) is 35.9 Å². The molecule has 1 fully saturated rings. The molecule has 0 spiro atoms. The second kappa shape index (κ2) is 8.56. The Bertz CT molecular complexity index is 653. The van der Waals surface area contributed by atoms with E-state index in [-0.39, 0.29) is 18.0 Å². The van der Waals surface area contributed by atoms with Crippen molar-refractivity contribution >= 4 is 17.2 Å². The molecular formula is C19H26N4OS. The Balaban J connectivity index is 1.72. The van der Waals surface area contributed by atoms with E-state index in [9.17, 15) is 4.79 Å². The molecule has 2 atom stereocenters. The number of hydrogen-bond donors (Lipinski definition) is 1. The molecule has 3 rings (SSSR count). The van der Waals surface area contributed by atoms with Crippen molar-refractivity contribution in [2.75, 3.05) is 32.7 Å². The Labute approximate surface area is 153 Å². The number of hydrogen-bond acceptors (Lipinski definition) is 5. The quantitative estimate of drug-likeness (QED) is 0.862. The fourth-order valence-electron chi connectivity index (χ4n) is 3.43. The summed E-state index contributed by atoms with van der Waals surface area (Å²) >= 11 is 1.76. The number of thiophene rings is 1. The SMILES string of the molecule is CCN1CCN([C@@H](c2cccs2)[C@@H](C)NC(=O)c2cccnc2)CC1. The third-order valence-electron chi connectivity index (χ3n) is 4.84. The first kappa shape index (κ1) is 18.0. The lowest BCUT2D eigenvalue weighted by Gasteiger charge is -2.41. The van der Waals surface area contributed by atoms with E-state index in [1.165, 1.54) is 4.88 Å². The van der Waals surface area contributed by atoms with Gasteiger partial charge in [-0.05, 0) is 37.0 Å². The standard InChI is InChI=1S/C19H26N4OS/c1-3-22-9-11-23(12-10-22)18(17-7-5-13-25-17)15(2)21-19(24)16-6-4-8-20-14-16/h4-8,13-15,18H,3,9-12H2,1-2H3,(H,21,24)/t15-,18-/m1/s1. The average Bonchev–Trinajstić information content (AvgIpc) is 3.17. The highest BCUT2D eigenvalue weighted by molar-refractivity contribution is 7.10. The third-order valence-corrected chi connectivity index (χ3v) is 5.78. The van der Waals surface area contributed by atoms with Crippen LogP contribution in [-0.2, 0) is 0 Å². The monoisotopic (exact) mass is 358 g/mol. The van der Waals surface area contributed by atoms with Crippen molar-refractivity contribution in [1.82, 2.24) is 20.1 Å². The average molecular weight is 359 g/mol. The van der Waals surface area contributed by atoms with E-state index < -0.39 is 0 Å². The topological polar surface area (TPSA) is 48.5 Å². The zero-order valence-electron chi connectivity index (χ0n) is 14.9. The molecule has 1 aliphatic rings. The van der Waals surface area contributed by atoms with Crippen LogP contribution in [0.1, 0.15) is 35.1 Å². The normalized spacial score (nSPS) is 18.6. The molecule has 2 aromatic heterocycles. The maximum absolute atomic E-state index is 12.5. The fourth-order valence-corrected chi connectivity index (χ4v) is 4.39. The Morgan fingerprint density at radius 1 is 1.28 bits per heavy atom. The number of carbonyl (C=O) groups excluding carboxylic acids is 1. The van der Waals surface area contributed by atoms with Gasteiger partial charge in [0.05, 0.1) is 11.6 Å². The summed E-state index contributed by atoms with van der Waals surface area (Å²) in [7, 11) is 0. The lowest BCUT2D eigenvalue weighted by atomic mass is 10.0. The number of aromatic nitrogens is 1. The van der Waals surface area contributed by atoms with E-state index in [0.717, 1.165) is 32.7 Å². The van der Waals surface area contributed by atoms with Crippen molar-refractivity contribution < 1.29 is 4.79 Å². The molecule has 0 radical (unpaired) electrons. The van der Waals surface area contributed by atoms with Crippen LogP contribution < -0.4 is 5.32 Å². The minimum atomic E-state index is -0.0608. The lowest BCUT2D eigenvalue weighted by Crippen LogP contribution is -2.52. The van der Waals surface area contributed by atoms with Crippen LogP contribution in [0.25, 0.3) is 0 Å². The first-order valence-corrected chi connectivity index (χ1v) is 9.77. The Kier molecular flexibility index (Phi) is 6.18. The van der Waals surface area contributed by atoms with Crippen molar-refractivity contribution in [3.8, 4) is 0 Å². The van der Waals surface area contributed by atoms with Crippen LogP contribution in [0.3, 0.4) is 0 Å². The van der Waals surface area contributed by atoms with Crippen LogP contribution in [0.4, 0.5) is 0 Å². The van der Waals surface area contributed by atoms with E-state index in [0.29, 0.717) is 5.56 Å². The third kappa shape index (κ3) is 4.45. The van der Waals surface area contributed by atoms with Gasteiger partial charge in [0.1, 0.15) is 0 Å². The molecular weight excluding hydrogens is 332 g/mol. The van der Waals surface area contributed by atoms with Crippen molar-refractivity contribution in [3.05, 3.63) is 52.5 Å². The molecule has 0 aliphatic carbocycles. The molecule has 5 nitrogen and oxygen atoms in total. The number of rotatable bonds is 6. The van der Waals surface area contributed by atoms with Gasteiger partial charge in [-0.1, -0.05) is 13.0 Å². The zero-order valence-corrected chi connectivity index (χ0v) is 15.7. The van der Waals surface area contributed by atoms with Gasteiger partial charge in [-0.2, -0.15) is 0 Å². The van der Waals surface area contributed by atoms with Gasteiger partial charge in [-0.3, -0.25) is 14.7 Å². The molecule has 3 heterocycles. The number of nitrogens with zero attached hydrogens (tertiary/aromatic N) is 3. The Morgan fingerprint density at radius 2 is 2.08 bits per heavy atom. The smallest absolute Gasteiger partial charge is 0.253 e. The van der Waals surface area contributed by atoms with Crippen LogP contribution in [0.2, 0.25) is 0 Å². The first-order chi connectivity index (χ1) is 12.2. The van der Waals surface area contributed by atoms with Gasteiger partial charge in [0.15, 0.2) is 0 Å². The summed E-state index contributed by atoms with van der Waals surface area (Å²) in [6.07, 6.45) is 3.30. The van der Waals surface area contributed by atoms with Crippen molar-refractivity contribution in [1.29, 1.82) is 0 Å². The maximum atomic E-state index is 12.5. The lowest BCUT2D eigenvalue weighted by molar-refractivity contribution is 0.0753. The van der Waals surface area contributed by atoms with Crippen LogP contribution in [0.5, 0.6) is 0 Å². The number of nitrogens with one attached hydrogen (secondary N) is 1. The fraction of sp³-hybridized carbons (Fsp3) is 0.474. The van der Waals surface area contributed by atoms with E-state index in [1.807, 2.05) is 0 Å². The summed E-state index contributed by atoms with van der Waals surface area (Å²) < 4.78 is 0. The van der Waals surface area contributed by atoms with E-state index in [2.05, 4.69) is 51.5 Å². The summed E-state index contributed by atoms with van der Waals surface area (Å²) in [6.45, 7) is 9.65. The van der Waals surface area contributed by atoms with Crippen molar-refractivity contribution in [2.45, 2.75) is 25.9 Å². The highest BCUT2D eigenvalue weighted by atomic mass is 32.1. The molecule has 1 saturated heterocycles. The van der Waals surface area contributed by atoms with Crippen molar-refractivity contribution in [3.63, 3.8) is 0 Å². The van der Waals surface area contributed by atoms with Crippen LogP contribution in [0.15, 0.2) is 42.0 Å². The molecule has 1 N–H and O–H groups in total. The minimum absolute atomic E-state index is 0.0273. The molecule has 6 heteroatoms. The molecule has 1 aliphatic heterocycles. The van der Waals surface area contributed by atoms with Gasteiger partial charge in [0.2, 0.25) is 0 Å². The molecule has 0 aromatic carbocycles. The van der Waals surface area contributed by atoms with Crippen LogP contribution in [0, 0.1) is 0 Å². The van der Waals surface area contributed by atoms with Gasteiger partial charge in [-0.25, -0.2) is 0 Å². The zero-order chi connectivity index (χ0) is 17.6. The van der Waals surface area contributed by atoms with Gasteiger partial charge < -0.3 is 10.2 Å². The summed E-state index contributed by atoms with van der Waals surface area (Å²) in [4.78, 5) is 22.9. The number of likely N-dealkylation sites (N-methyl/N-ethyl adjacent to an activating group) is 1. The van der Waals surface area contributed by atoms with Gasteiger partial charge in [0, 0.05) is 49.5 Å². The molecule has 134 valence electrons. The summed E-state index contributed by atoms with van der Waals surface area (Å²) in [5, 5.41) is 5.29. The molecule has 1 amide bonds. The minimum Gasteiger partial charge on any atom is -0.348 e. The van der Waals surface area contributed by atoms with E-state index in [4.69, 9.17) is 0 Å². The summed E-state index contributed by atoms with van der Waals surface area (Å²) in [5.41, 5.74) is 0.607. The Morgan fingerprint density at radius 3 is 2.68 bits per heavy atom. The van der Waals surface area contributed by atoms with Crippen LogP contribution in [-0.4, -0.2) is 59.5 Å². The van der Waals surface area contributed by atoms with Gasteiger partial charge >= 0.3 is 0 Å². The van der Waals surface area contributed by atoms with Crippen LogP contribution >= 0.6 is 11.3 Å². The number of pyridine rings is 1. The molecule has 0 saturated carbocycles. The summed E-state index contributed by atoms with van der Waals surface area (Å²) in [5.74, 6) is -0.0608. The van der Waals surface area contributed by atoms with Gasteiger partial charge in [0.25, 0.3) is 5.91 Å². The molecule has 2 aromatic rings. The number of carbonyl (C=O) groups is 1. The largest absolute Gasteiger partial charge is 0.348 e. The second-order valence-electron chi connectivity index (χ2n) is 6.43. The van der Waals surface area contributed by atoms with E-state index >= 15 is 0 Å². The number of amides is 1. The molecule has 0 unspecified atom stereocenters. The number of piperazine rings is 1. The highest BCUT2D eigenvalue weighted by Crippen LogP contribution is 2.29. The Hall–Kier alpha value is -1.76. The van der Waals surface area contributed by atoms with Crippen molar-refractivity contribution in [2.24, 2.45) is 0 Å². The predicted molar refractivity (Wildman–Crippen MR) is 102 cm³/mol. The molecule has 0 bridgehead atoms. The second-order valence-corrected chi connectivity index (χ2v) is 7.41.